The molecule has 3 aromatic rings. The van der Waals surface area contributed by atoms with Gasteiger partial charge in [0.2, 0.25) is 0 Å². The Kier molecular flexibility index (Phi) is 5.51. The van der Waals surface area contributed by atoms with Crippen LogP contribution in [0.5, 0.6) is 5.75 Å². The Balaban J connectivity index is 1.89. The highest BCUT2D eigenvalue weighted by atomic mass is 32.1. The van der Waals surface area contributed by atoms with Gasteiger partial charge in [-0.05, 0) is 67.5 Å². The molecule has 0 atom stereocenters. The second kappa shape index (κ2) is 7.85. The zero-order chi connectivity index (χ0) is 20.4. The lowest BCUT2D eigenvalue weighted by molar-refractivity contribution is 0.415. The van der Waals surface area contributed by atoms with Crippen LogP contribution in [0.1, 0.15) is 16.7 Å². The summed E-state index contributed by atoms with van der Waals surface area (Å²) in [4.78, 5) is 30.7. The summed E-state index contributed by atoms with van der Waals surface area (Å²) < 4.78 is 5.16. The third-order valence-electron chi connectivity index (χ3n) is 4.75. The van der Waals surface area contributed by atoms with Gasteiger partial charge in [0.1, 0.15) is 5.75 Å². The van der Waals surface area contributed by atoms with Gasteiger partial charge in [-0.3, -0.25) is 9.59 Å². The first kappa shape index (κ1) is 19.6. The number of H-pyrrole nitrogens is 2. The van der Waals surface area contributed by atoms with Crippen molar-refractivity contribution in [3.05, 3.63) is 67.7 Å². The fourth-order valence-corrected chi connectivity index (χ4v) is 3.16. The van der Waals surface area contributed by atoms with Gasteiger partial charge in [-0.15, -0.1) is 0 Å². The van der Waals surface area contributed by atoms with Crippen LogP contribution in [0.3, 0.4) is 0 Å². The van der Waals surface area contributed by atoms with Gasteiger partial charge in [0, 0.05) is 24.8 Å². The summed E-state index contributed by atoms with van der Waals surface area (Å²) in [7, 11) is 3.49. The smallest absolute Gasteiger partial charge is 0.314 e. The summed E-state index contributed by atoms with van der Waals surface area (Å²) in [6.45, 7) is 4.42. The molecule has 0 fully saturated rings. The minimum absolute atomic E-state index is 0.466. The highest BCUT2D eigenvalue weighted by molar-refractivity contribution is 7.80. The average molecular weight is 398 g/mol. The van der Waals surface area contributed by atoms with E-state index < -0.39 is 11.1 Å². The molecule has 0 saturated carbocycles. The molecular weight excluding hydrogens is 376 g/mol. The molecule has 0 spiro atoms. The van der Waals surface area contributed by atoms with Crippen LogP contribution in [0.15, 0.2) is 39.9 Å². The zero-order valence-corrected chi connectivity index (χ0v) is 17.0. The maximum atomic E-state index is 11.8. The van der Waals surface area contributed by atoms with Crippen LogP contribution in [-0.2, 0) is 6.54 Å². The highest BCUT2D eigenvalue weighted by Gasteiger charge is 2.14. The molecule has 0 unspecified atom stereocenters. The van der Waals surface area contributed by atoms with Gasteiger partial charge in [0.25, 0.3) is 0 Å². The number of aromatic amines is 2. The molecule has 0 aliphatic rings. The Morgan fingerprint density at radius 1 is 1.14 bits per heavy atom. The number of benzene rings is 2. The fraction of sp³-hybridized carbons (Fsp3) is 0.250. The van der Waals surface area contributed by atoms with Crippen LogP contribution in [0.4, 0.5) is 5.69 Å². The van der Waals surface area contributed by atoms with Crippen molar-refractivity contribution in [1.29, 1.82) is 0 Å². The van der Waals surface area contributed by atoms with E-state index in [1.807, 2.05) is 56.1 Å². The summed E-state index contributed by atoms with van der Waals surface area (Å²) in [5.41, 5.74) is 3.70. The molecule has 28 heavy (non-hydrogen) atoms. The number of nitrogens with one attached hydrogen (secondary N) is 3. The first-order chi connectivity index (χ1) is 13.3. The maximum Gasteiger partial charge on any atom is 0.314 e. The lowest BCUT2D eigenvalue weighted by Crippen LogP contribution is -2.32. The molecule has 2 aromatic carbocycles. The van der Waals surface area contributed by atoms with E-state index in [-0.39, 0.29) is 0 Å². The summed E-state index contributed by atoms with van der Waals surface area (Å²) in [6.07, 6.45) is 0. The van der Waals surface area contributed by atoms with Crippen LogP contribution in [0, 0.1) is 13.8 Å². The van der Waals surface area contributed by atoms with Gasteiger partial charge >= 0.3 is 11.1 Å². The number of hydrogen-bond donors (Lipinski definition) is 3. The van der Waals surface area contributed by atoms with E-state index in [1.54, 1.807) is 7.11 Å². The minimum Gasteiger partial charge on any atom is -0.497 e. The number of nitrogens with zero attached hydrogens (tertiary/aromatic N) is 1. The fourth-order valence-electron chi connectivity index (χ4n) is 2.98. The highest BCUT2D eigenvalue weighted by Crippen LogP contribution is 2.23. The van der Waals surface area contributed by atoms with Crippen LogP contribution in [0.25, 0.3) is 11.0 Å². The van der Waals surface area contributed by atoms with E-state index in [0.29, 0.717) is 22.7 Å². The maximum absolute atomic E-state index is 11.8. The Morgan fingerprint density at radius 3 is 2.43 bits per heavy atom. The number of aromatic nitrogens is 2. The van der Waals surface area contributed by atoms with Gasteiger partial charge in [-0.2, -0.15) is 0 Å². The van der Waals surface area contributed by atoms with Crippen molar-refractivity contribution in [2.45, 2.75) is 20.4 Å². The van der Waals surface area contributed by atoms with E-state index >= 15 is 0 Å². The molecule has 0 amide bonds. The molecule has 3 rings (SSSR count). The van der Waals surface area contributed by atoms with Gasteiger partial charge in [0.05, 0.1) is 18.1 Å². The number of rotatable bonds is 4. The first-order valence-electron chi connectivity index (χ1n) is 8.71. The number of aryl methyl sites for hydroxylation is 1. The SMILES string of the molecule is COc1ccc(NC(=S)N(C)Cc2c(C)c(C)cc3[nH]c(=O)c(=O)[nH]c23)cc1. The lowest BCUT2D eigenvalue weighted by Gasteiger charge is -2.23. The van der Waals surface area contributed by atoms with Crippen LogP contribution >= 0.6 is 12.2 Å². The molecule has 146 valence electrons. The largest absolute Gasteiger partial charge is 0.497 e. The number of methoxy groups -OCH3 is 1. The van der Waals surface area contributed by atoms with Crippen molar-refractivity contribution < 1.29 is 4.74 Å². The molecule has 3 N–H and O–H groups in total. The van der Waals surface area contributed by atoms with Crippen molar-refractivity contribution in [3.63, 3.8) is 0 Å². The van der Waals surface area contributed by atoms with Gasteiger partial charge in [0.15, 0.2) is 5.11 Å². The molecule has 0 radical (unpaired) electrons. The topological polar surface area (TPSA) is 90.2 Å². The number of fused-ring (bicyclic) bond motifs is 1. The predicted octanol–water partition coefficient (Wildman–Crippen LogP) is 2.67. The second-order valence-corrected chi connectivity index (χ2v) is 7.03. The van der Waals surface area contributed by atoms with E-state index in [9.17, 15) is 9.59 Å². The molecule has 0 aliphatic heterocycles. The van der Waals surface area contributed by atoms with Crippen molar-refractivity contribution in [1.82, 2.24) is 14.9 Å². The molecule has 1 aromatic heterocycles. The Hall–Kier alpha value is -3.13. The molecule has 0 bridgehead atoms. The number of ether oxygens (including phenoxy) is 1. The van der Waals surface area contributed by atoms with Crippen molar-refractivity contribution in [3.8, 4) is 5.75 Å². The van der Waals surface area contributed by atoms with Crippen molar-refractivity contribution in [2.24, 2.45) is 0 Å². The van der Waals surface area contributed by atoms with Crippen LogP contribution in [-0.4, -0.2) is 34.1 Å². The van der Waals surface area contributed by atoms with E-state index in [1.165, 1.54) is 0 Å². The normalized spacial score (nSPS) is 10.7. The third kappa shape index (κ3) is 3.91. The Morgan fingerprint density at radius 2 is 1.79 bits per heavy atom. The third-order valence-corrected chi connectivity index (χ3v) is 5.17. The predicted molar refractivity (Wildman–Crippen MR) is 115 cm³/mol. The summed E-state index contributed by atoms with van der Waals surface area (Å²) in [5, 5.41) is 3.72. The number of thiocarbonyl (C=S) groups is 1. The minimum atomic E-state index is -0.668. The van der Waals surface area contributed by atoms with Crippen LogP contribution < -0.4 is 21.2 Å². The molecule has 8 heteroatoms. The lowest BCUT2D eigenvalue weighted by atomic mass is 10.0. The molecule has 0 aliphatic carbocycles. The van der Waals surface area contributed by atoms with Crippen molar-refractivity contribution >= 4 is 34.1 Å². The van der Waals surface area contributed by atoms with Gasteiger partial charge in [-0.25, -0.2) is 0 Å². The zero-order valence-electron chi connectivity index (χ0n) is 16.2. The monoisotopic (exact) mass is 398 g/mol. The Bertz CT molecular complexity index is 1150. The quantitative estimate of drug-likeness (QED) is 0.462. The summed E-state index contributed by atoms with van der Waals surface area (Å²) in [6, 6.07) is 9.33. The van der Waals surface area contributed by atoms with Gasteiger partial charge in [-0.1, -0.05) is 0 Å². The van der Waals surface area contributed by atoms with E-state index in [0.717, 1.165) is 28.1 Å². The summed E-state index contributed by atoms with van der Waals surface area (Å²) in [5.74, 6) is 0.768. The number of anilines is 1. The van der Waals surface area contributed by atoms with Crippen LogP contribution in [0.2, 0.25) is 0 Å². The van der Waals surface area contributed by atoms with Crippen molar-refractivity contribution in [2.75, 3.05) is 19.5 Å². The van der Waals surface area contributed by atoms with E-state index in [4.69, 9.17) is 17.0 Å². The van der Waals surface area contributed by atoms with E-state index in [2.05, 4.69) is 15.3 Å². The molecule has 0 saturated heterocycles. The summed E-state index contributed by atoms with van der Waals surface area (Å²) >= 11 is 5.52. The molecular formula is C20H22N4O3S. The first-order valence-corrected chi connectivity index (χ1v) is 9.12. The second-order valence-electron chi connectivity index (χ2n) is 6.64. The average Bonchev–Trinajstić information content (AvgIpc) is 2.67. The number of hydrogen-bond acceptors (Lipinski definition) is 4. The molecule has 1 heterocycles. The van der Waals surface area contributed by atoms with Gasteiger partial charge < -0.3 is 24.9 Å². The molecule has 7 nitrogen and oxygen atoms in total. The standard InChI is InChI=1S/C20H22N4O3S/c1-11-9-16-17(23-19(26)18(25)22-16)15(12(11)2)10-24(3)20(28)21-13-5-7-14(27-4)8-6-13/h5-9H,10H2,1-4H3,(H,21,28)(H,22,25)(H,23,26). The Labute approximate surface area is 167 Å².